The highest BCUT2D eigenvalue weighted by molar-refractivity contribution is 7.90. The van der Waals surface area contributed by atoms with Crippen LogP contribution in [0.15, 0.2) is 35.5 Å². The summed E-state index contributed by atoms with van der Waals surface area (Å²) in [6.45, 7) is 11.4. The summed E-state index contributed by atoms with van der Waals surface area (Å²) in [7, 11) is -2.50. The number of hydrogen-bond acceptors (Lipinski definition) is 8. The molecule has 0 bridgehead atoms. The van der Waals surface area contributed by atoms with Crippen molar-refractivity contribution in [3.63, 3.8) is 0 Å². The summed E-state index contributed by atoms with van der Waals surface area (Å²) in [6, 6.07) is 5.05. The summed E-state index contributed by atoms with van der Waals surface area (Å²) in [4.78, 5) is 20.3. The van der Waals surface area contributed by atoms with Gasteiger partial charge in [0.05, 0.1) is 17.9 Å². The Hall–Kier alpha value is -3.41. The normalized spacial score (nSPS) is 19.9. The number of aromatic nitrogens is 5. The van der Waals surface area contributed by atoms with E-state index in [1.165, 1.54) is 10.9 Å². The van der Waals surface area contributed by atoms with Gasteiger partial charge in [-0.15, -0.1) is 5.10 Å². The lowest BCUT2D eigenvalue weighted by Gasteiger charge is -2.34. The minimum Gasteiger partial charge on any atom is -0.476 e. The van der Waals surface area contributed by atoms with Crippen molar-refractivity contribution >= 4 is 21.7 Å². The van der Waals surface area contributed by atoms with Crippen molar-refractivity contribution in [3.8, 4) is 11.7 Å². The molecule has 0 radical (unpaired) electrons. The van der Waals surface area contributed by atoms with Crippen LogP contribution in [0.2, 0.25) is 0 Å². The van der Waals surface area contributed by atoms with E-state index in [9.17, 15) is 13.2 Å². The second kappa shape index (κ2) is 9.11. The Kier molecular flexibility index (Phi) is 6.28. The van der Waals surface area contributed by atoms with Gasteiger partial charge in [-0.1, -0.05) is 13.8 Å². The Morgan fingerprint density at radius 3 is 2.53 bits per heavy atom. The van der Waals surface area contributed by atoms with Crippen LogP contribution in [0.1, 0.15) is 63.0 Å². The Balaban J connectivity index is 1.48. The highest BCUT2D eigenvalue weighted by atomic mass is 32.2. The van der Waals surface area contributed by atoms with Gasteiger partial charge in [-0.2, -0.15) is 5.10 Å². The Bertz CT molecular complexity index is 1490. The summed E-state index contributed by atoms with van der Waals surface area (Å²) in [5.41, 5.74) is 0.434. The van der Waals surface area contributed by atoms with Crippen LogP contribution in [0.5, 0.6) is 5.88 Å². The summed E-state index contributed by atoms with van der Waals surface area (Å²) in [6.07, 6.45) is 6.36. The number of anilines is 1. The van der Waals surface area contributed by atoms with Gasteiger partial charge >= 0.3 is 0 Å². The molecule has 1 saturated heterocycles. The molecule has 1 aliphatic carbocycles. The predicted octanol–water partition coefficient (Wildman–Crippen LogP) is 3.23. The molecule has 1 N–H and O–H groups in total. The molecule has 0 spiro atoms. The molecule has 1 atom stereocenters. The summed E-state index contributed by atoms with van der Waals surface area (Å²) >= 11 is 0. The third-order valence-corrected chi connectivity index (χ3v) is 8.82. The highest BCUT2D eigenvalue weighted by Gasteiger charge is 2.40. The maximum absolute atomic E-state index is 13.4. The fourth-order valence-corrected chi connectivity index (χ4v) is 6.28. The first-order chi connectivity index (χ1) is 17.8. The van der Waals surface area contributed by atoms with E-state index in [4.69, 9.17) is 9.72 Å². The fraction of sp³-hybridized carbons (Fsp3) is 0.538. The molecule has 0 unspecified atom stereocenters. The average molecular weight is 542 g/mol. The Morgan fingerprint density at radius 1 is 1.18 bits per heavy atom. The highest BCUT2D eigenvalue weighted by Crippen LogP contribution is 2.45. The van der Waals surface area contributed by atoms with Crippen LogP contribution < -0.4 is 14.4 Å². The van der Waals surface area contributed by atoms with Gasteiger partial charge in [0, 0.05) is 43.0 Å². The smallest absolute Gasteiger partial charge is 0.268 e. The molecule has 5 rings (SSSR count). The standard InChI is InChI=1S/C26H35N7O4S/c1-17-13-25(3,4)32(14-17)23-19(24(34)30-38(35,36)20-15-31(6)28-18(20)2)7-8-21(27-23)33-12-9-22(29-33)37-16-26(5)10-11-26/h7-9,12,15,17H,10-11,13-14,16H2,1-6H3,(H,30,34)/t17-/m0/s1. The summed E-state index contributed by atoms with van der Waals surface area (Å²) in [5, 5.41) is 8.61. The molecule has 204 valence electrons. The minimum atomic E-state index is -4.13. The first kappa shape index (κ1) is 26.2. The monoisotopic (exact) mass is 541 g/mol. The van der Waals surface area contributed by atoms with Gasteiger partial charge in [0.2, 0.25) is 5.88 Å². The van der Waals surface area contributed by atoms with Crippen LogP contribution in [-0.4, -0.2) is 57.6 Å². The summed E-state index contributed by atoms with van der Waals surface area (Å²) < 4.78 is 37.2. The quantitative estimate of drug-likeness (QED) is 0.461. The number of sulfonamides is 1. The van der Waals surface area contributed by atoms with Crippen LogP contribution in [0.3, 0.4) is 0 Å². The van der Waals surface area contributed by atoms with Crippen LogP contribution in [0, 0.1) is 18.3 Å². The molecule has 4 heterocycles. The molecule has 1 amide bonds. The van der Waals surface area contributed by atoms with E-state index in [1.807, 2.05) is 0 Å². The number of carbonyl (C=O) groups excluding carboxylic acids is 1. The molecule has 1 aliphatic heterocycles. The van der Waals surface area contributed by atoms with Gasteiger partial charge in [0.15, 0.2) is 5.82 Å². The number of nitrogens with zero attached hydrogens (tertiary/aromatic N) is 6. The maximum atomic E-state index is 13.4. The summed E-state index contributed by atoms with van der Waals surface area (Å²) in [5.74, 6) is 1.05. The van der Waals surface area contributed by atoms with Gasteiger partial charge in [0.1, 0.15) is 10.7 Å². The molecule has 38 heavy (non-hydrogen) atoms. The van der Waals surface area contributed by atoms with Crippen LogP contribution in [0.25, 0.3) is 5.82 Å². The molecule has 2 aliphatic rings. The first-order valence-corrected chi connectivity index (χ1v) is 14.3. The molecule has 3 aromatic rings. The van der Waals surface area contributed by atoms with Crippen molar-refractivity contribution in [1.82, 2.24) is 29.3 Å². The lowest BCUT2D eigenvalue weighted by atomic mass is 9.97. The number of rotatable bonds is 8. The molecule has 2 fully saturated rings. The van der Waals surface area contributed by atoms with Crippen LogP contribution in [-0.2, 0) is 17.1 Å². The van der Waals surface area contributed by atoms with Crippen molar-refractivity contribution < 1.29 is 17.9 Å². The third kappa shape index (κ3) is 5.13. The predicted molar refractivity (Wildman–Crippen MR) is 142 cm³/mol. The number of hydrogen-bond donors (Lipinski definition) is 1. The first-order valence-electron chi connectivity index (χ1n) is 12.8. The molecule has 11 nitrogen and oxygen atoms in total. The van der Waals surface area contributed by atoms with Gasteiger partial charge in [-0.25, -0.2) is 22.8 Å². The molecule has 12 heteroatoms. The molecular formula is C26H35N7O4S. The van der Waals surface area contributed by atoms with Gasteiger partial charge in [-0.3, -0.25) is 9.48 Å². The number of carbonyl (C=O) groups is 1. The van der Waals surface area contributed by atoms with E-state index in [-0.39, 0.29) is 21.4 Å². The van der Waals surface area contributed by atoms with E-state index in [0.29, 0.717) is 42.3 Å². The molecular weight excluding hydrogens is 506 g/mol. The second-order valence-electron chi connectivity index (χ2n) is 11.7. The second-order valence-corrected chi connectivity index (χ2v) is 13.3. The largest absolute Gasteiger partial charge is 0.476 e. The topological polar surface area (TPSA) is 124 Å². The number of ether oxygens (including phenoxy) is 1. The van der Waals surface area contributed by atoms with E-state index in [0.717, 1.165) is 19.3 Å². The molecule has 1 saturated carbocycles. The lowest BCUT2D eigenvalue weighted by molar-refractivity contribution is 0.0981. The van der Waals surface area contributed by atoms with Crippen molar-refractivity contribution in [2.45, 2.75) is 64.3 Å². The van der Waals surface area contributed by atoms with Crippen LogP contribution in [0.4, 0.5) is 5.82 Å². The van der Waals surface area contributed by atoms with E-state index < -0.39 is 15.9 Å². The van der Waals surface area contributed by atoms with Gasteiger partial charge < -0.3 is 9.64 Å². The lowest BCUT2D eigenvalue weighted by Crippen LogP contribution is -2.41. The Labute approximate surface area is 223 Å². The Morgan fingerprint density at radius 2 is 1.92 bits per heavy atom. The number of nitrogens with one attached hydrogen (secondary N) is 1. The zero-order valence-electron chi connectivity index (χ0n) is 22.7. The van der Waals surface area contributed by atoms with Crippen molar-refractivity contribution in [2.24, 2.45) is 18.4 Å². The SMILES string of the molecule is Cc1nn(C)cc1S(=O)(=O)NC(=O)c1ccc(-n2ccc(OCC3(C)CC3)n2)nc1N1C[C@@H](C)CC1(C)C. The van der Waals surface area contributed by atoms with Crippen LogP contribution >= 0.6 is 0 Å². The van der Waals surface area contributed by atoms with E-state index in [1.54, 1.807) is 43.0 Å². The maximum Gasteiger partial charge on any atom is 0.268 e. The van der Waals surface area contributed by atoms with Crippen molar-refractivity contribution in [1.29, 1.82) is 0 Å². The fourth-order valence-electron chi connectivity index (χ4n) is 5.10. The zero-order valence-corrected chi connectivity index (χ0v) is 23.5. The number of pyridine rings is 1. The van der Waals surface area contributed by atoms with E-state index in [2.05, 4.69) is 47.5 Å². The third-order valence-electron chi connectivity index (χ3n) is 7.39. The number of aryl methyl sites for hydroxylation is 2. The zero-order chi connectivity index (χ0) is 27.5. The van der Waals surface area contributed by atoms with Gasteiger partial charge in [0.25, 0.3) is 15.9 Å². The number of amides is 1. The molecule has 0 aromatic carbocycles. The minimum absolute atomic E-state index is 0.0428. The van der Waals surface area contributed by atoms with Crippen molar-refractivity contribution in [2.75, 3.05) is 18.1 Å². The van der Waals surface area contributed by atoms with Crippen molar-refractivity contribution in [3.05, 3.63) is 41.9 Å². The van der Waals surface area contributed by atoms with E-state index >= 15 is 0 Å². The molecule has 3 aromatic heterocycles. The average Bonchev–Trinajstić information content (AvgIpc) is 3.13. The van der Waals surface area contributed by atoms with Gasteiger partial charge in [-0.05, 0) is 58.1 Å².